The zero-order valence-corrected chi connectivity index (χ0v) is 5.36. The number of nitrogens with two attached hydrogens (primary N) is 1. The van der Waals surface area contributed by atoms with E-state index in [9.17, 15) is 0 Å². The van der Waals surface area contributed by atoms with Crippen LogP contribution in [0.3, 0.4) is 0 Å². The predicted molar refractivity (Wildman–Crippen MR) is 37.3 cm³/mol. The van der Waals surface area contributed by atoms with Crippen molar-refractivity contribution in [2.24, 2.45) is 5.73 Å². The van der Waals surface area contributed by atoms with Crippen LogP contribution in [0.15, 0.2) is 24.3 Å². The molecule has 0 fully saturated rings. The van der Waals surface area contributed by atoms with Gasteiger partial charge in [0.2, 0.25) is 0 Å². The smallest absolute Gasteiger partial charge is 0.128 e. The molecule has 54 valence electrons. The van der Waals surface area contributed by atoms with E-state index in [0.29, 0.717) is 5.56 Å². The van der Waals surface area contributed by atoms with Gasteiger partial charge in [-0.3, -0.25) is 0 Å². The Hall–Kier alpha value is -1.06. The third-order valence-corrected chi connectivity index (χ3v) is 1.21. The molecule has 1 unspecified atom stereocenters. The van der Waals surface area contributed by atoms with E-state index in [1.54, 1.807) is 12.1 Å². The van der Waals surface area contributed by atoms with Gasteiger partial charge < -0.3 is 15.9 Å². The molecule has 0 aromatic heterocycles. The van der Waals surface area contributed by atoms with E-state index in [1.807, 2.05) is 0 Å². The quantitative estimate of drug-likeness (QED) is 0.491. The largest absolute Gasteiger partial charge is 0.508 e. The van der Waals surface area contributed by atoms with Gasteiger partial charge in [-0.05, 0) is 17.7 Å². The summed E-state index contributed by atoms with van der Waals surface area (Å²) in [5.41, 5.74) is 5.64. The Kier molecular flexibility index (Phi) is 1.89. The molecule has 0 saturated heterocycles. The average molecular weight is 139 g/mol. The van der Waals surface area contributed by atoms with Crippen molar-refractivity contribution in [3.63, 3.8) is 0 Å². The minimum atomic E-state index is -1.01. The molecule has 0 radical (unpaired) electrons. The van der Waals surface area contributed by atoms with Gasteiger partial charge in [-0.25, -0.2) is 0 Å². The van der Waals surface area contributed by atoms with Crippen molar-refractivity contribution in [3.05, 3.63) is 29.8 Å². The summed E-state index contributed by atoms with van der Waals surface area (Å²) in [6.45, 7) is 0. The molecule has 3 heteroatoms. The number of hydrogen-bond donors (Lipinski definition) is 3. The average Bonchev–Trinajstić information content (AvgIpc) is 1.88. The third-order valence-electron chi connectivity index (χ3n) is 1.21. The van der Waals surface area contributed by atoms with Gasteiger partial charge in [-0.15, -0.1) is 0 Å². The molecule has 0 saturated carbocycles. The second-order valence-electron chi connectivity index (χ2n) is 2.04. The maximum absolute atomic E-state index is 8.90. The van der Waals surface area contributed by atoms with Crippen molar-refractivity contribution in [1.82, 2.24) is 0 Å². The fraction of sp³-hybridized carbons (Fsp3) is 0.143. The molecule has 0 aliphatic heterocycles. The highest BCUT2D eigenvalue weighted by molar-refractivity contribution is 5.27. The summed E-state index contributed by atoms with van der Waals surface area (Å²) < 4.78 is 0. The van der Waals surface area contributed by atoms with Crippen molar-refractivity contribution >= 4 is 0 Å². The van der Waals surface area contributed by atoms with Crippen LogP contribution < -0.4 is 5.73 Å². The van der Waals surface area contributed by atoms with E-state index in [2.05, 4.69) is 0 Å². The summed E-state index contributed by atoms with van der Waals surface area (Å²) >= 11 is 0. The van der Waals surface area contributed by atoms with Crippen molar-refractivity contribution in [1.29, 1.82) is 0 Å². The maximum atomic E-state index is 8.90. The molecule has 4 N–H and O–H groups in total. The van der Waals surface area contributed by atoms with E-state index in [4.69, 9.17) is 15.9 Å². The number of hydrogen-bond acceptors (Lipinski definition) is 3. The van der Waals surface area contributed by atoms with E-state index >= 15 is 0 Å². The molecule has 0 amide bonds. The van der Waals surface area contributed by atoms with Gasteiger partial charge in [-0.2, -0.15) is 0 Å². The molecule has 10 heavy (non-hydrogen) atoms. The van der Waals surface area contributed by atoms with Gasteiger partial charge in [0, 0.05) is 0 Å². The Balaban J connectivity index is 2.96. The zero-order valence-electron chi connectivity index (χ0n) is 5.36. The van der Waals surface area contributed by atoms with Crippen LogP contribution >= 0.6 is 0 Å². The fourth-order valence-electron chi connectivity index (χ4n) is 0.709. The molecule has 0 aliphatic rings. The number of aromatic hydroxyl groups is 1. The first-order valence-electron chi connectivity index (χ1n) is 2.93. The first-order chi connectivity index (χ1) is 4.70. The SMILES string of the molecule is NC(O)c1cccc(O)c1. The maximum Gasteiger partial charge on any atom is 0.128 e. The van der Waals surface area contributed by atoms with Crippen molar-refractivity contribution < 1.29 is 10.2 Å². The Morgan fingerprint density at radius 2 is 2.10 bits per heavy atom. The number of benzene rings is 1. The molecule has 0 bridgehead atoms. The van der Waals surface area contributed by atoms with Crippen LogP contribution in [0.5, 0.6) is 5.75 Å². The molecular weight excluding hydrogens is 130 g/mol. The summed E-state index contributed by atoms with van der Waals surface area (Å²) in [6, 6.07) is 6.21. The molecule has 0 spiro atoms. The zero-order chi connectivity index (χ0) is 7.56. The number of phenols is 1. The van der Waals surface area contributed by atoms with Crippen molar-refractivity contribution in [2.45, 2.75) is 6.23 Å². The number of aliphatic hydroxyl groups excluding tert-OH is 1. The standard InChI is InChI=1S/C7H9NO2/c8-7(10)5-2-1-3-6(9)4-5/h1-4,7,9-10H,8H2. The van der Waals surface area contributed by atoms with Crippen molar-refractivity contribution in [2.75, 3.05) is 0 Å². The molecular formula is C7H9NO2. The number of phenolic OH excluding ortho intramolecular Hbond substituents is 1. The first kappa shape index (κ1) is 7.05. The van der Waals surface area contributed by atoms with Crippen LogP contribution in [0.4, 0.5) is 0 Å². The van der Waals surface area contributed by atoms with Crippen LogP contribution in [0.2, 0.25) is 0 Å². The second-order valence-corrected chi connectivity index (χ2v) is 2.04. The highest BCUT2D eigenvalue weighted by Crippen LogP contribution is 2.13. The van der Waals surface area contributed by atoms with E-state index in [0.717, 1.165) is 0 Å². The lowest BCUT2D eigenvalue weighted by molar-refractivity contribution is 0.186. The first-order valence-corrected chi connectivity index (χ1v) is 2.93. The fourth-order valence-corrected chi connectivity index (χ4v) is 0.709. The van der Waals surface area contributed by atoms with Crippen LogP contribution in [0, 0.1) is 0 Å². The Morgan fingerprint density at radius 3 is 2.50 bits per heavy atom. The molecule has 1 rings (SSSR count). The van der Waals surface area contributed by atoms with Crippen LogP contribution in [-0.4, -0.2) is 10.2 Å². The van der Waals surface area contributed by atoms with E-state index < -0.39 is 6.23 Å². The van der Waals surface area contributed by atoms with Crippen LogP contribution in [-0.2, 0) is 0 Å². The van der Waals surface area contributed by atoms with Crippen molar-refractivity contribution in [3.8, 4) is 5.75 Å². The number of aliphatic hydroxyl groups is 1. The molecule has 0 heterocycles. The molecule has 1 atom stereocenters. The minimum Gasteiger partial charge on any atom is -0.508 e. The monoisotopic (exact) mass is 139 g/mol. The second kappa shape index (κ2) is 2.68. The molecule has 0 aliphatic carbocycles. The number of rotatable bonds is 1. The van der Waals surface area contributed by atoms with Gasteiger partial charge in [0.15, 0.2) is 0 Å². The van der Waals surface area contributed by atoms with Crippen LogP contribution in [0.25, 0.3) is 0 Å². The lowest BCUT2D eigenvalue weighted by Gasteiger charge is -2.03. The summed E-state index contributed by atoms with van der Waals surface area (Å²) in [5.74, 6) is 0.113. The molecule has 1 aromatic rings. The third kappa shape index (κ3) is 1.46. The minimum absolute atomic E-state index is 0.113. The van der Waals surface area contributed by atoms with Gasteiger partial charge in [0.25, 0.3) is 0 Å². The molecule has 1 aromatic carbocycles. The lowest BCUT2D eigenvalue weighted by atomic mass is 10.2. The van der Waals surface area contributed by atoms with Gasteiger partial charge in [0.1, 0.15) is 12.0 Å². The van der Waals surface area contributed by atoms with Gasteiger partial charge >= 0.3 is 0 Å². The van der Waals surface area contributed by atoms with E-state index in [-0.39, 0.29) is 5.75 Å². The Morgan fingerprint density at radius 1 is 1.40 bits per heavy atom. The van der Waals surface area contributed by atoms with Gasteiger partial charge in [0.05, 0.1) is 0 Å². The normalized spacial score (nSPS) is 13.0. The highest BCUT2D eigenvalue weighted by atomic mass is 16.3. The summed E-state index contributed by atoms with van der Waals surface area (Å²) in [5, 5.41) is 17.7. The molecule has 3 nitrogen and oxygen atoms in total. The highest BCUT2D eigenvalue weighted by Gasteiger charge is 1.99. The Labute approximate surface area is 58.7 Å². The predicted octanol–water partition coefficient (Wildman–Crippen LogP) is 0.342. The summed E-state index contributed by atoms with van der Waals surface area (Å²) in [4.78, 5) is 0. The summed E-state index contributed by atoms with van der Waals surface area (Å²) in [7, 11) is 0. The lowest BCUT2D eigenvalue weighted by Crippen LogP contribution is -2.07. The van der Waals surface area contributed by atoms with E-state index in [1.165, 1.54) is 12.1 Å². The summed E-state index contributed by atoms with van der Waals surface area (Å²) in [6.07, 6.45) is -1.01. The Bertz CT molecular complexity index is 223. The topological polar surface area (TPSA) is 66.5 Å². The van der Waals surface area contributed by atoms with Crippen LogP contribution in [0.1, 0.15) is 11.8 Å². The van der Waals surface area contributed by atoms with Gasteiger partial charge in [-0.1, -0.05) is 12.1 Å².